The number of carbonyl (C=O) groups is 3. The summed E-state index contributed by atoms with van der Waals surface area (Å²) in [6.45, 7) is 5.31. The Labute approximate surface area is 168 Å². The number of rotatable bonds is 6. The largest absolute Gasteiger partial charge is 0.347 e. The Hall–Kier alpha value is -3.68. The summed E-state index contributed by atoms with van der Waals surface area (Å²) in [5, 5.41) is 8.31. The second kappa shape index (κ2) is 8.55. The molecule has 0 radical (unpaired) electrons. The Morgan fingerprint density at radius 1 is 1.00 bits per heavy atom. The van der Waals surface area contributed by atoms with Crippen LogP contribution in [0.2, 0.25) is 0 Å². The predicted molar refractivity (Wildman–Crippen MR) is 111 cm³/mol. The smallest absolute Gasteiger partial charge is 0.287 e. The number of amides is 3. The van der Waals surface area contributed by atoms with Gasteiger partial charge in [-0.15, -0.1) is 0 Å². The van der Waals surface area contributed by atoms with Crippen molar-refractivity contribution in [2.75, 3.05) is 10.6 Å². The van der Waals surface area contributed by atoms with Crippen LogP contribution >= 0.6 is 0 Å². The summed E-state index contributed by atoms with van der Waals surface area (Å²) in [7, 11) is 0. The molecule has 29 heavy (non-hydrogen) atoms. The minimum absolute atomic E-state index is 0.00188. The van der Waals surface area contributed by atoms with Gasteiger partial charge < -0.3 is 16.0 Å². The van der Waals surface area contributed by atoms with Crippen molar-refractivity contribution in [1.82, 2.24) is 14.7 Å². The van der Waals surface area contributed by atoms with E-state index < -0.39 is 5.91 Å². The summed E-state index contributed by atoms with van der Waals surface area (Å²) in [6, 6.07) is 12.0. The summed E-state index contributed by atoms with van der Waals surface area (Å²) >= 11 is 0. The maximum Gasteiger partial charge on any atom is 0.287 e. The fourth-order valence-corrected chi connectivity index (χ4v) is 2.79. The highest BCUT2D eigenvalue weighted by molar-refractivity contribution is 6.09. The first-order chi connectivity index (χ1) is 13.9. The van der Waals surface area contributed by atoms with Gasteiger partial charge in [-0.25, -0.2) is 4.98 Å². The monoisotopic (exact) mass is 393 g/mol. The molecule has 1 aromatic carbocycles. The summed E-state index contributed by atoms with van der Waals surface area (Å²) in [4.78, 5) is 40.8. The number of nitrogens with zero attached hydrogens (tertiary/aromatic N) is 2. The molecule has 3 aromatic rings. The normalized spacial score (nSPS) is 11.7. The zero-order chi connectivity index (χ0) is 21.0. The van der Waals surface area contributed by atoms with E-state index in [1.54, 1.807) is 53.1 Å². The molecule has 2 aromatic heterocycles. The average Bonchev–Trinajstić information content (AvgIpc) is 3.09. The third kappa shape index (κ3) is 4.60. The molecule has 3 N–H and O–H groups in total. The molecule has 0 saturated carbocycles. The van der Waals surface area contributed by atoms with Crippen molar-refractivity contribution in [1.29, 1.82) is 0 Å². The molecule has 8 heteroatoms. The van der Waals surface area contributed by atoms with Gasteiger partial charge in [0.05, 0.1) is 5.52 Å². The van der Waals surface area contributed by atoms with Crippen LogP contribution in [0.15, 0.2) is 48.7 Å². The van der Waals surface area contributed by atoms with Crippen molar-refractivity contribution in [3.05, 3.63) is 60.2 Å². The van der Waals surface area contributed by atoms with Crippen molar-refractivity contribution in [2.45, 2.75) is 33.2 Å². The van der Waals surface area contributed by atoms with Gasteiger partial charge in [-0.3, -0.25) is 18.8 Å². The van der Waals surface area contributed by atoms with E-state index in [2.05, 4.69) is 20.9 Å². The lowest BCUT2D eigenvalue weighted by atomic mass is 10.2. The Kier molecular flexibility index (Phi) is 5.92. The van der Waals surface area contributed by atoms with Gasteiger partial charge in [-0.05, 0) is 49.7 Å². The number of anilines is 2. The molecule has 0 aliphatic heterocycles. The molecule has 150 valence electrons. The van der Waals surface area contributed by atoms with Crippen molar-refractivity contribution < 1.29 is 14.4 Å². The molecule has 2 heterocycles. The van der Waals surface area contributed by atoms with Gasteiger partial charge in [0.2, 0.25) is 11.7 Å². The van der Waals surface area contributed by atoms with Gasteiger partial charge in [0.15, 0.2) is 5.69 Å². The molecule has 1 unspecified atom stereocenters. The summed E-state index contributed by atoms with van der Waals surface area (Å²) < 4.78 is 1.60. The van der Waals surface area contributed by atoms with E-state index >= 15 is 0 Å². The molecule has 3 amide bonds. The molecule has 0 fully saturated rings. The highest BCUT2D eigenvalue weighted by Gasteiger charge is 2.22. The number of nitrogens with one attached hydrogen (secondary N) is 3. The fraction of sp³-hybridized carbons (Fsp3) is 0.238. The quantitative estimate of drug-likeness (QED) is 0.598. The highest BCUT2D eigenvalue weighted by Crippen LogP contribution is 2.18. The van der Waals surface area contributed by atoms with E-state index in [0.29, 0.717) is 16.9 Å². The van der Waals surface area contributed by atoms with Crippen LogP contribution in [-0.4, -0.2) is 33.1 Å². The average molecular weight is 393 g/mol. The number of benzene rings is 1. The van der Waals surface area contributed by atoms with Crippen LogP contribution in [0.5, 0.6) is 0 Å². The minimum atomic E-state index is -0.427. The Morgan fingerprint density at radius 2 is 1.66 bits per heavy atom. The minimum Gasteiger partial charge on any atom is -0.347 e. The van der Waals surface area contributed by atoms with Gasteiger partial charge in [-0.2, -0.15) is 0 Å². The zero-order valence-corrected chi connectivity index (χ0v) is 16.5. The fourth-order valence-electron chi connectivity index (χ4n) is 2.79. The summed E-state index contributed by atoms with van der Waals surface area (Å²) in [5.41, 5.74) is 1.87. The van der Waals surface area contributed by atoms with Gasteiger partial charge in [0.25, 0.3) is 11.8 Å². The lowest BCUT2D eigenvalue weighted by Crippen LogP contribution is -2.33. The second-order valence-electron chi connectivity index (χ2n) is 6.74. The molecular weight excluding hydrogens is 370 g/mol. The third-order valence-electron chi connectivity index (χ3n) is 4.42. The van der Waals surface area contributed by atoms with E-state index in [9.17, 15) is 14.4 Å². The first-order valence-corrected chi connectivity index (χ1v) is 9.36. The molecule has 1 atom stereocenters. The number of aromatic nitrogens is 2. The molecular formula is C21H23N5O3. The summed E-state index contributed by atoms with van der Waals surface area (Å²) in [6.07, 6.45) is 2.49. The number of imidazole rings is 1. The van der Waals surface area contributed by atoms with Gasteiger partial charge in [-0.1, -0.05) is 13.0 Å². The van der Waals surface area contributed by atoms with E-state index in [1.807, 2.05) is 13.8 Å². The van der Waals surface area contributed by atoms with Crippen molar-refractivity contribution in [3.8, 4) is 0 Å². The predicted octanol–water partition coefficient (Wildman–Crippen LogP) is 3.07. The molecule has 3 rings (SSSR count). The number of fused-ring (bicyclic) bond motifs is 1. The first kappa shape index (κ1) is 20.1. The van der Waals surface area contributed by atoms with Gasteiger partial charge in [0.1, 0.15) is 0 Å². The topological polar surface area (TPSA) is 105 Å². The first-order valence-electron chi connectivity index (χ1n) is 9.36. The number of pyridine rings is 1. The summed E-state index contributed by atoms with van der Waals surface area (Å²) in [5.74, 6) is -0.774. The molecule has 0 aliphatic carbocycles. The maximum absolute atomic E-state index is 12.8. The SMILES string of the molecule is CCC(C)NC(=O)c1nc(C(=O)Nc2ccc(NC(C)=O)cc2)c2ccccn12. The van der Waals surface area contributed by atoms with Gasteiger partial charge in [0, 0.05) is 30.5 Å². The van der Waals surface area contributed by atoms with Crippen LogP contribution in [0, 0.1) is 0 Å². The molecule has 0 aliphatic rings. The van der Waals surface area contributed by atoms with Crippen molar-refractivity contribution in [3.63, 3.8) is 0 Å². The number of hydrogen-bond donors (Lipinski definition) is 3. The zero-order valence-electron chi connectivity index (χ0n) is 16.5. The van der Waals surface area contributed by atoms with Gasteiger partial charge >= 0.3 is 0 Å². The lowest BCUT2D eigenvalue weighted by Gasteiger charge is -2.10. The standard InChI is InChI=1S/C21H23N5O3/c1-4-13(2)22-21(29)19-25-18(17-7-5-6-12-26(17)19)20(28)24-16-10-8-15(9-11-16)23-14(3)27/h5-13H,4H2,1-3H3,(H,22,29)(H,23,27)(H,24,28). The van der Waals surface area contributed by atoms with Crippen LogP contribution in [0.1, 0.15) is 48.3 Å². The maximum atomic E-state index is 12.8. The van der Waals surface area contributed by atoms with E-state index in [4.69, 9.17) is 0 Å². The van der Waals surface area contributed by atoms with Crippen LogP contribution in [-0.2, 0) is 4.79 Å². The third-order valence-corrected chi connectivity index (χ3v) is 4.42. The van der Waals surface area contributed by atoms with Crippen LogP contribution < -0.4 is 16.0 Å². The molecule has 8 nitrogen and oxygen atoms in total. The second-order valence-corrected chi connectivity index (χ2v) is 6.74. The molecule has 0 spiro atoms. The molecule has 0 bridgehead atoms. The van der Waals surface area contributed by atoms with Crippen LogP contribution in [0.4, 0.5) is 11.4 Å². The van der Waals surface area contributed by atoms with Crippen LogP contribution in [0.3, 0.4) is 0 Å². The highest BCUT2D eigenvalue weighted by atomic mass is 16.2. The Morgan fingerprint density at radius 3 is 2.28 bits per heavy atom. The van der Waals surface area contributed by atoms with E-state index in [1.165, 1.54) is 6.92 Å². The van der Waals surface area contributed by atoms with E-state index in [0.717, 1.165) is 6.42 Å². The number of hydrogen-bond acceptors (Lipinski definition) is 4. The van der Waals surface area contributed by atoms with Crippen molar-refractivity contribution in [2.24, 2.45) is 0 Å². The number of carbonyl (C=O) groups excluding carboxylic acids is 3. The van der Waals surface area contributed by atoms with E-state index in [-0.39, 0.29) is 29.4 Å². The van der Waals surface area contributed by atoms with Crippen molar-refractivity contribution >= 4 is 34.6 Å². The molecule has 0 saturated heterocycles. The Bertz CT molecular complexity index is 1060. The Balaban J connectivity index is 1.86. The lowest BCUT2D eigenvalue weighted by molar-refractivity contribution is -0.114. The van der Waals surface area contributed by atoms with Crippen LogP contribution in [0.25, 0.3) is 5.52 Å².